The molecule has 2 aromatic carbocycles. The lowest BCUT2D eigenvalue weighted by atomic mass is 9.97. The summed E-state index contributed by atoms with van der Waals surface area (Å²) in [5, 5.41) is 2.95. The number of amides is 1. The first kappa shape index (κ1) is 17.7. The second-order valence-corrected chi connectivity index (χ2v) is 9.18. The van der Waals surface area contributed by atoms with Gasteiger partial charge in [-0.05, 0) is 43.4 Å². The van der Waals surface area contributed by atoms with Crippen LogP contribution in [0.5, 0.6) is 0 Å². The summed E-state index contributed by atoms with van der Waals surface area (Å²) in [7, 11) is -3.05. The summed E-state index contributed by atoms with van der Waals surface area (Å²) in [5.74, 6) is -0.0413. The number of rotatable bonds is 5. The average molecular weight is 357 g/mol. The zero-order valence-electron chi connectivity index (χ0n) is 14.4. The predicted octanol–water partition coefficient (Wildman–Crippen LogP) is 2.78. The van der Waals surface area contributed by atoms with E-state index in [2.05, 4.69) is 17.4 Å². The van der Waals surface area contributed by atoms with Crippen molar-refractivity contribution in [2.75, 3.05) is 11.5 Å². The van der Waals surface area contributed by atoms with Crippen LogP contribution in [0.2, 0.25) is 0 Å². The van der Waals surface area contributed by atoms with Crippen molar-refractivity contribution >= 4 is 15.7 Å². The first-order chi connectivity index (χ1) is 11.9. The summed E-state index contributed by atoms with van der Waals surface area (Å²) >= 11 is 0. The van der Waals surface area contributed by atoms with Crippen molar-refractivity contribution in [3.8, 4) is 0 Å². The first-order valence-electron chi connectivity index (χ1n) is 8.52. The summed E-state index contributed by atoms with van der Waals surface area (Å²) < 4.78 is 23.5. The van der Waals surface area contributed by atoms with Crippen LogP contribution >= 0.6 is 0 Å². The Morgan fingerprint density at radius 2 is 1.72 bits per heavy atom. The number of hydrogen-bond acceptors (Lipinski definition) is 3. The highest BCUT2D eigenvalue weighted by molar-refractivity contribution is 7.91. The van der Waals surface area contributed by atoms with Gasteiger partial charge in [-0.1, -0.05) is 48.5 Å². The molecule has 1 unspecified atom stereocenters. The second-order valence-electron chi connectivity index (χ2n) is 7.00. The average Bonchev–Trinajstić information content (AvgIpc) is 2.87. The molecule has 4 nitrogen and oxygen atoms in total. The largest absolute Gasteiger partial charge is 0.346 e. The molecule has 1 atom stereocenters. The minimum atomic E-state index is -3.05. The van der Waals surface area contributed by atoms with Gasteiger partial charge in [0.05, 0.1) is 17.0 Å². The standard InChI is InChI=1S/C20H23NO3S/c1-20(13-14-25(23,24)15-20)21-19(22)18-10-6-5-9-17(18)12-11-16-7-3-2-4-8-16/h2-10H,11-15H2,1H3,(H,21,22). The Morgan fingerprint density at radius 1 is 1.04 bits per heavy atom. The monoisotopic (exact) mass is 357 g/mol. The minimum absolute atomic E-state index is 0.0118. The summed E-state index contributed by atoms with van der Waals surface area (Å²) in [5.41, 5.74) is 2.16. The number of aryl methyl sites for hydroxylation is 2. The Kier molecular flexibility index (Phi) is 4.95. The van der Waals surface area contributed by atoms with Crippen LogP contribution in [0, 0.1) is 0 Å². The summed E-state index contributed by atoms with van der Waals surface area (Å²) in [4.78, 5) is 12.7. The van der Waals surface area contributed by atoms with Crippen LogP contribution in [-0.4, -0.2) is 31.4 Å². The molecule has 0 aromatic heterocycles. The van der Waals surface area contributed by atoms with Gasteiger partial charge in [0.2, 0.25) is 0 Å². The Labute approximate surface area is 149 Å². The maximum atomic E-state index is 12.7. The summed E-state index contributed by atoms with van der Waals surface area (Å²) in [6.45, 7) is 1.81. The van der Waals surface area contributed by atoms with Crippen molar-refractivity contribution in [3.63, 3.8) is 0 Å². The zero-order valence-corrected chi connectivity index (χ0v) is 15.2. The highest BCUT2D eigenvalue weighted by atomic mass is 32.2. The quantitative estimate of drug-likeness (QED) is 0.895. The Bertz CT molecular complexity index is 862. The van der Waals surface area contributed by atoms with E-state index in [1.165, 1.54) is 5.56 Å². The van der Waals surface area contributed by atoms with Crippen LogP contribution in [0.1, 0.15) is 34.8 Å². The van der Waals surface area contributed by atoms with Gasteiger partial charge in [-0.25, -0.2) is 8.42 Å². The molecule has 0 radical (unpaired) electrons. The lowest BCUT2D eigenvalue weighted by molar-refractivity contribution is 0.0914. The van der Waals surface area contributed by atoms with Crippen LogP contribution in [0.3, 0.4) is 0 Å². The van der Waals surface area contributed by atoms with Crippen LogP contribution in [0.4, 0.5) is 0 Å². The molecule has 1 saturated heterocycles. The SMILES string of the molecule is CC1(NC(=O)c2ccccc2CCc2ccccc2)CCS(=O)(=O)C1. The van der Waals surface area contributed by atoms with Crippen molar-refractivity contribution in [3.05, 3.63) is 71.3 Å². The summed E-state index contributed by atoms with van der Waals surface area (Å²) in [6.07, 6.45) is 2.09. The van der Waals surface area contributed by atoms with Crippen LogP contribution in [0.25, 0.3) is 0 Å². The van der Waals surface area contributed by atoms with E-state index < -0.39 is 15.4 Å². The highest BCUT2D eigenvalue weighted by Gasteiger charge is 2.39. The Hall–Kier alpha value is -2.14. The van der Waals surface area contributed by atoms with E-state index in [9.17, 15) is 13.2 Å². The lowest BCUT2D eigenvalue weighted by Crippen LogP contribution is -2.47. The third-order valence-corrected chi connectivity index (χ3v) is 6.61. The van der Waals surface area contributed by atoms with Gasteiger partial charge in [0.25, 0.3) is 5.91 Å². The second kappa shape index (κ2) is 7.00. The molecule has 132 valence electrons. The molecule has 0 spiro atoms. The smallest absolute Gasteiger partial charge is 0.252 e. The Morgan fingerprint density at radius 3 is 2.40 bits per heavy atom. The number of carbonyl (C=O) groups is 1. The number of nitrogens with one attached hydrogen (secondary N) is 1. The van der Waals surface area contributed by atoms with Crippen LogP contribution in [0.15, 0.2) is 54.6 Å². The van der Waals surface area contributed by atoms with Gasteiger partial charge in [-0.15, -0.1) is 0 Å². The third-order valence-electron chi connectivity index (χ3n) is 4.71. The molecule has 1 amide bonds. The van der Waals surface area contributed by atoms with E-state index in [4.69, 9.17) is 0 Å². The van der Waals surface area contributed by atoms with Crippen molar-refractivity contribution in [2.45, 2.75) is 31.7 Å². The molecular weight excluding hydrogens is 334 g/mol. The van der Waals surface area contributed by atoms with Crippen molar-refractivity contribution in [1.29, 1.82) is 0 Å². The molecule has 1 N–H and O–H groups in total. The Balaban J connectivity index is 1.73. The normalized spacial score (nSPS) is 21.8. The molecule has 3 rings (SSSR count). The van der Waals surface area contributed by atoms with E-state index in [1.807, 2.05) is 49.4 Å². The molecular formula is C20H23NO3S. The van der Waals surface area contributed by atoms with E-state index >= 15 is 0 Å². The van der Waals surface area contributed by atoms with E-state index in [-0.39, 0.29) is 17.4 Å². The number of hydrogen-bond donors (Lipinski definition) is 1. The van der Waals surface area contributed by atoms with Gasteiger partial charge in [-0.3, -0.25) is 4.79 Å². The fourth-order valence-electron chi connectivity index (χ4n) is 3.33. The lowest BCUT2D eigenvalue weighted by Gasteiger charge is -2.24. The fraction of sp³-hybridized carbons (Fsp3) is 0.350. The van der Waals surface area contributed by atoms with E-state index in [1.54, 1.807) is 0 Å². The van der Waals surface area contributed by atoms with Crippen LogP contribution < -0.4 is 5.32 Å². The molecule has 1 aliphatic heterocycles. The van der Waals surface area contributed by atoms with E-state index in [0.29, 0.717) is 12.0 Å². The maximum Gasteiger partial charge on any atom is 0.252 e. The first-order valence-corrected chi connectivity index (χ1v) is 10.3. The maximum absolute atomic E-state index is 12.7. The summed E-state index contributed by atoms with van der Waals surface area (Å²) in [6, 6.07) is 17.7. The van der Waals surface area contributed by atoms with Gasteiger partial charge in [-0.2, -0.15) is 0 Å². The minimum Gasteiger partial charge on any atom is -0.346 e. The van der Waals surface area contributed by atoms with Crippen molar-refractivity contribution < 1.29 is 13.2 Å². The topological polar surface area (TPSA) is 63.2 Å². The van der Waals surface area contributed by atoms with Gasteiger partial charge in [0.1, 0.15) is 0 Å². The van der Waals surface area contributed by atoms with Crippen LogP contribution in [-0.2, 0) is 22.7 Å². The molecule has 1 heterocycles. The molecule has 0 aliphatic carbocycles. The van der Waals surface area contributed by atoms with Gasteiger partial charge < -0.3 is 5.32 Å². The van der Waals surface area contributed by atoms with Gasteiger partial charge in [0, 0.05) is 5.56 Å². The third kappa shape index (κ3) is 4.48. The molecule has 2 aromatic rings. The fourth-order valence-corrected chi connectivity index (χ4v) is 5.43. The molecule has 1 aliphatic rings. The van der Waals surface area contributed by atoms with E-state index in [0.717, 1.165) is 18.4 Å². The molecule has 0 saturated carbocycles. The van der Waals surface area contributed by atoms with Gasteiger partial charge >= 0.3 is 0 Å². The predicted molar refractivity (Wildman–Crippen MR) is 99.4 cm³/mol. The molecule has 25 heavy (non-hydrogen) atoms. The number of carbonyl (C=O) groups excluding carboxylic acids is 1. The van der Waals surface area contributed by atoms with Crippen molar-refractivity contribution in [2.24, 2.45) is 0 Å². The van der Waals surface area contributed by atoms with Crippen molar-refractivity contribution in [1.82, 2.24) is 5.32 Å². The zero-order chi connectivity index (χ0) is 17.9. The molecule has 0 bridgehead atoms. The molecule has 1 fully saturated rings. The highest BCUT2D eigenvalue weighted by Crippen LogP contribution is 2.24. The number of benzene rings is 2. The molecule has 5 heteroatoms. The van der Waals surface area contributed by atoms with Gasteiger partial charge in [0.15, 0.2) is 9.84 Å². The number of sulfone groups is 1.